The van der Waals surface area contributed by atoms with Gasteiger partial charge in [0, 0.05) is 11.8 Å². The zero-order valence-electron chi connectivity index (χ0n) is 11.4. The van der Waals surface area contributed by atoms with Crippen molar-refractivity contribution in [3.05, 3.63) is 42.0 Å². The molecule has 0 bridgehead atoms. The number of nitrogen functional groups attached to an aromatic ring is 1. The molecule has 0 radical (unpaired) electrons. The molecule has 3 rings (SSSR count). The maximum absolute atomic E-state index is 9.93. The number of anilines is 1. The number of benzene rings is 2. The number of oxazole rings is 1. The molecule has 0 saturated heterocycles. The van der Waals surface area contributed by atoms with Crippen LogP contribution in [0.5, 0.6) is 5.75 Å². The number of fused-ring (bicyclic) bond motifs is 1. The Morgan fingerprint density at radius 1 is 1.15 bits per heavy atom. The van der Waals surface area contributed by atoms with Crippen LogP contribution in [0, 0.1) is 0 Å². The van der Waals surface area contributed by atoms with Crippen LogP contribution >= 0.6 is 0 Å². The quantitative estimate of drug-likeness (QED) is 0.691. The zero-order chi connectivity index (χ0) is 14.3. The highest BCUT2D eigenvalue weighted by Gasteiger charge is 2.13. The molecular weight excluding hydrogens is 252 g/mol. The van der Waals surface area contributed by atoms with Crippen LogP contribution in [0.1, 0.15) is 25.3 Å². The second-order valence-electron chi connectivity index (χ2n) is 5.18. The first-order valence-corrected chi connectivity index (χ1v) is 6.54. The molecule has 0 unspecified atom stereocenters. The highest BCUT2D eigenvalue weighted by molar-refractivity contribution is 5.78. The molecule has 2 aromatic carbocycles. The molecule has 20 heavy (non-hydrogen) atoms. The van der Waals surface area contributed by atoms with E-state index in [0.717, 1.165) is 5.52 Å². The standard InChI is InChI=1S/C16H16N2O2/c1-9(2)10-3-6-15-13(7-10)18-16(20-15)12-5-4-11(17)8-14(12)19/h3-9,19H,17H2,1-2H3. The summed E-state index contributed by atoms with van der Waals surface area (Å²) in [5.74, 6) is 0.906. The predicted molar refractivity (Wildman–Crippen MR) is 79.6 cm³/mol. The fourth-order valence-electron chi connectivity index (χ4n) is 2.15. The summed E-state index contributed by atoms with van der Waals surface area (Å²) in [7, 11) is 0. The number of phenolic OH excluding ortho intramolecular Hbond substituents is 1. The molecule has 1 aromatic heterocycles. The molecule has 3 aromatic rings. The van der Waals surface area contributed by atoms with Crippen molar-refractivity contribution in [1.29, 1.82) is 0 Å². The van der Waals surface area contributed by atoms with Gasteiger partial charge in [0.05, 0.1) is 5.56 Å². The third-order valence-corrected chi connectivity index (χ3v) is 3.33. The fourth-order valence-corrected chi connectivity index (χ4v) is 2.15. The van der Waals surface area contributed by atoms with Crippen molar-refractivity contribution < 1.29 is 9.52 Å². The zero-order valence-corrected chi connectivity index (χ0v) is 11.4. The lowest BCUT2D eigenvalue weighted by Crippen LogP contribution is -1.86. The first-order valence-electron chi connectivity index (χ1n) is 6.54. The molecule has 3 N–H and O–H groups in total. The van der Waals surface area contributed by atoms with Crippen LogP contribution in [0.25, 0.3) is 22.6 Å². The van der Waals surface area contributed by atoms with E-state index in [4.69, 9.17) is 10.2 Å². The number of hydrogen-bond acceptors (Lipinski definition) is 4. The number of hydrogen-bond donors (Lipinski definition) is 2. The Morgan fingerprint density at radius 2 is 1.95 bits per heavy atom. The van der Waals surface area contributed by atoms with Gasteiger partial charge in [-0.15, -0.1) is 0 Å². The monoisotopic (exact) mass is 268 g/mol. The molecule has 4 nitrogen and oxygen atoms in total. The second kappa shape index (κ2) is 4.56. The summed E-state index contributed by atoms with van der Waals surface area (Å²) in [6, 6.07) is 10.9. The molecule has 0 saturated carbocycles. The van der Waals surface area contributed by atoms with Crippen LogP contribution in [0.15, 0.2) is 40.8 Å². The number of aromatic hydroxyl groups is 1. The summed E-state index contributed by atoms with van der Waals surface area (Å²) in [4.78, 5) is 4.45. The Balaban J connectivity index is 2.13. The van der Waals surface area contributed by atoms with E-state index in [-0.39, 0.29) is 5.75 Å². The van der Waals surface area contributed by atoms with Gasteiger partial charge in [0.15, 0.2) is 5.58 Å². The predicted octanol–water partition coefficient (Wildman–Crippen LogP) is 3.91. The van der Waals surface area contributed by atoms with Gasteiger partial charge < -0.3 is 15.3 Å². The molecule has 0 atom stereocenters. The minimum absolute atomic E-state index is 0.0700. The van der Waals surface area contributed by atoms with Gasteiger partial charge in [0.2, 0.25) is 5.89 Å². The summed E-state index contributed by atoms with van der Waals surface area (Å²) in [6.07, 6.45) is 0. The minimum Gasteiger partial charge on any atom is -0.507 e. The highest BCUT2D eigenvalue weighted by Crippen LogP contribution is 2.33. The van der Waals surface area contributed by atoms with Crippen molar-refractivity contribution in [2.45, 2.75) is 19.8 Å². The van der Waals surface area contributed by atoms with Gasteiger partial charge in [0.1, 0.15) is 11.3 Å². The Bertz CT molecular complexity index is 775. The summed E-state index contributed by atoms with van der Waals surface area (Å²) in [5, 5.41) is 9.93. The minimum atomic E-state index is 0.0700. The van der Waals surface area contributed by atoms with Gasteiger partial charge in [0.25, 0.3) is 0 Å². The Labute approximate surface area is 116 Å². The number of aromatic nitrogens is 1. The van der Waals surface area contributed by atoms with E-state index in [1.165, 1.54) is 11.6 Å². The largest absolute Gasteiger partial charge is 0.507 e. The van der Waals surface area contributed by atoms with Crippen molar-refractivity contribution in [3.8, 4) is 17.2 Å². The third-order valence-electron chi connectivity index (χ3n) is 3.33. The second-order valence-corrected chi connectivity index (χ2v) is 5.18. The molecule has 0 aliphatic heterocycles. The SMILES string of the molecule is CC(C)c1ccc2oc(-c3ccc(N)cc3O)nc2c1. The molecule has 4 heteroatoms. The molecular formula is C16H16N2O2. The van der Waals surface area contributed by atoms with Crippen molar-refractivity contribution in [1.82, 2.24) is 4.98 Å². The topological polar surface area (TPSA) is 72.3 Å². The van der Waals surface area contributed by atoms with Crippen LogP contribution in [-0.2, 0) is 0 Å². The molecule has 1 heterocycles. The van der Waals surface area contributed by atoms with Crippen molar-refractivity contribution in [2.75, 3.05) is 5.73 Å². The summed E-state index contributed by atoms with van der Waals surface area (Å²) in [6.45, 7) is 4.27. The van der Waals surface area contributed by atoms with Gasteiger partial charge in [-0.2, -0.15) is 0 Å². The first kappa shape index (κ1) is 12.5. The molecule has 0 aliphatic carbocycles. The first-order chi connectivity index (χ1) is 9.54. The Hall–Kier alpha value is -2.49. The summed E-state index contributed by atoms with van der Waals surface area (Å²) in [5.41, 5.74) is 9.38. The third kappa shape index (κ3) is 2.09. The Kier molecular flexibility index (Phi) is 2.86. The van der Waals surface area contributed by atoms with Gasteiger partial charge in [-0.25, -0.2) is 4.98 Å². The van der Waals surface area contributed by atoms with E-state index < -0.39 is 0 Å². The Morgan fingerprint density at radius 3 is 2.65 bits per heavy atom. The van der Waals surface area contributed by atoms with Crippen LogP contribution in [0.4, 0.5) is 5.69 Å². The maximum Gasteiger partial charge on any atom is 0.231 e. The lowest BCUT2D eigenvalue weighted by molar-refractivity contribution is 0.474. The fraction of sp³-hybridized carbons (Fsp3) is 0.188. The van der Waals surface area contributed by atoms with E-state index in [1.54, 1.807) is 12.1 Å². The average Bonchev–Trinajstić information content (AvgIpc) is 2.80. The smallest absolute Gasteiger partial charge is 0.231 e. The van der Waals surface area contributed by atoms with Crippen LogP contribution < -0.4 is 5.73 Å². The van der Waals surface area contributed by atoms with E-state index in [1.807, 2.05) is 18.2 Å². The van der Waals surface area contributed by atoms with E-state index in [9.17, 15) is 5.11 Å². The number of nitrogens with two attached hydrogens (primary N) is 1. The van der Waals surface area contributed by atoms with Gasteiger partial charge in [-0.05, 0) is 35.7 Å². The number of phenols is 1. The van der Waals surface area contributed by atoms with E-state index in [2.05, 4.69) is 18.8 Å². The molecule has 102 valence electrons. The molecule has 0 amide bonds. The highest BCUT2D eigenvalue weighted by atomic mass is 16.3. The molecule has 0 spiro atoms. The average molecular weight is 268 g/mol. The lowest BCUT2D eigenvalue weighted by atomic mass is 10.0. The van der Waals surface area contributed by atoms with E-state index in [0.29, 0.717) is 28.6 Å². The van der Waals surface area contributed by atoms with Gasteiger partial charge >= 0.3 is 0 Å². The van der Waals surface area contributed by atoms with Crippen molar-refractivity contribution in [2.24, 2.45) is 0 Å². The van der Waals surface area contributed by atoms with E-state index >= 15 is 0 Å². The lowest BCUT2D eigenvalue weighted by Gasteiger charge is -2.02. The normalized spacial score (nSPS) is 11.3. The number of nitrogens with zero attached hydrogens (tertiary/aromatic N) is 1. The van der Waals surface area contributed by atoms with Gasteiger partial charge in [-0.3, -0.25) is 0 Å². The number of rotatable bonds is 2. The van der Waals surface area contributed by atoms with Crippen molar-refractivity contribution in [3.63, 3.8) is 0 Å². The van der Waals surface area contributed by atoms with Crippen molar-refractivity contribution >= 4 is 16.8 Å². The summed E-state index contributed by atoms with van der Waals surface area (Å²) < 4.78 is 5.70. The van der Waals surface area contributed by atoms with Gasteiger partial charge in [-0.1, -0.05) is 19.9 Å². The van der Waals surface area contributed by atoms with Crippen LogP contribution in [0.3, 0.4) is 0 Å². The van der Waals surface area contributed by atoms with Crippen LogP contribution in [0.2, 0.25) is 0 Å². The molecule has 0 fully saturated rings. The molecule has 0 aliphatic rings. The van der Waals surface area contributed by atoms with Crippen LogP contribution in [-0.4, -0.2) is 10.1 Å². The summed E-state index contributed by atoms with van der Waals surface area (Å²) >= 11 is 0. The maximum atomic E-state index is 9.93.